The maximum absolute atomic E-state index is 12.0. The van der Waals surface area contributed by atoms with Crippen LogP contribution in [-0.2, 0) is 0 Å². The lowest BCUT2D eigenvalue weighted by Crippen LogP contribution is -2.34. The van der Waals surface area contributed by atoms with Gasteiger partial charge in [0.25, 0.3) is 5.91 Å². The number of hydrogen-bond acceptors (Lipinski definition) is 1. The molecule has 1 saturated carbocycles. The third kappa shape index (κ3) is 3.39. The third-order valence-corrected chi connectivity index (χ3v) is 4.36. The Balaban J connectivity index is 1.90. The molecule has 1 aliphatic carbocycles. The number of nitrogens with one attached hydrogen (secondary N) is 1. The summed E-state index contributed by atoms with van der Waals surface area (Å²) >= 11 is 12.2. The highest BCUT2D eigenvalue weighted by molar-refractivity contribution is 6.33. The van der Waals surface area contributed by atoms with Crippen LogP contribution in [0.15, 0.2) is 24.3 Å². The molecular weight excluding hydrogens is 269 g/mol. The molecule has 4 heteroatoms. The van der Waals surface area contributed by atoms with E-state index < -0.39 is 0 Å². The topological polar surface area (TPSA) is 29.1 Å². The summed E-state index contributed by atoms with van der Waals surface area (Å²) in [5.74, 6) is 0.266. The molecule has 1 fully saturated rings. The van der Waals surface area contributed by atoms with E-state index in [0.717, 1.165) is 12.8 Å². The predicted octanol–water partition coefficient (Wildman–Crippen LogP) is 3.87. The van der Waals surface area contributed by atoms with Crippen LogP contribution in [0.2, 0.25) is 5.02 Å². The van der Waals surface area contributed by atoms with Gasteiger partial charge in [0, 0.05) is 11.9 Å². The lowest BCUT2D eigenvalue weighted by Gasteiger charge is -2.27. The molecule has 0 radical (unpaired) electrons. The summed E-state index contributed by atoms with van der Waals surface area (Å²) in [6.45, 7) is 0.637. The molecule has 18 heavy (non-hydrogen) atoms. The molecule has 0 saturated heterocycles. The number of rotatable bonds is 3. The summed E-state index contributed by atoms with van der Waals surface area (Å²) < 4.78 is 0. The maximum atomic E-state index is 12.0. The summed E-state index contributed by atoms with van der Waals surface area (Å²) in [6, 6.07) is 7.08. The fraction of sp³-hybridized carbons (Fsp3) is 0.500. The van der Waals surface area contributed by atoms with Crippen molar-refractivity contribution in [2.75, 3.05) is 6.54 Å². The van der Waals surface area contributed by atoms with Crippen molar-refractivity contribution in [3.63, 3.8) is 0 Å². The molecule has 98 valence electrons. The minimum Gasteiger partial charge on any atom is -0.352 e. The maximum Gasteiger partial charge on any atom is 0.252 e. The Hall–Kier alpha value is -0.730. The van der Waals surface area contributed by atoms with E-state index in [1.54, 1.807) is 12.1 Å². The van der Waals surface area contributed by atoms with Gasteiger partial charge in [-0.1, -0.05) is 36.6 Å². The highest BCUT2D eigenvalue weighted by Gasteiger charge is 2.23. The number of halogens is 2. The zero-order valence-corrected chi connectivity index (χ0v) is 11.7. The molecular formula is C14H17Cl2NO. The number of hydrogen-bond donors (Lipinski definition) is 1. The standard InChI is InChI=1S/C14H17Cl2NO/c15-12-7-3-1-5-10(12)9-17-14(18)11-6-2-4-8-13(11)16/h2,4,6,8,10,12H,1,3,5,7,9H2,(H,17,18). The van der Waals surface area contributed by atoms with Crippen molar-refractivity contribution < 1.29 is 4.79 Å². The van der Waals surface area contributed by atoms with E-state index in [9.17, 15) is 4.79 Å². The van der Waals surface area contributed by atoms with Crippen LogP contribution in [0.3, 0.4) is 0 Å². The lowest BCUT2D eigenvalue weighted by atomic mass is 9.88. The van der Waals surface area contributed by atoms with E-state index in [1.807, 2.05) is 12.1 Å². The van der Waals surface area contributed by atoms with Crippen LogP contribution in [0.1, 0.15) is 36.0 Å². The number of benzene rings is 1. The summed E-state index contributed by atoms with van der Waals surface area (Å²) in [5, 5.41) is 3.60. The van der Waals surface area contributed by atoms with Crippen LogP contribution < -0.4 is 5.32 Å². The Bertz CT molecular complexity index is 422. The number of amides is 1. The molecule has 1 amide bonds. The Morgan fingerprint density at radius 3 is 2.72 bits per heavy atom. The van der Waals surface area contributed by atoms with Crippen LogP contribution in [0, 0.1) is 5.92 Å². The summed E-state index contributed by atoms with van der Waals surface area (Å²) in [6.07, 6.45) is 4.55. The average Bonchev–Trinajstić information content (AvgIpc) is 2.38. The van der Waals surface area contributed by atoms with E-state index in [0.29, 0.717) is 23.0 Å². The second kappa shape index (κ2) is 6.44. The molecule has 2 atom stereocenters. The monoisotopic (exact) mass is 285 g/mol. The van der Waals surface area contributed by atoms with Crippen LogP contribution in [-0.4, -0.2) is 17.8 Å². The molecule has 1 aliphatic rings. The smallest absolute Gasteiger partial charge is 0.252 e. The Morgan fingerprint density at radius 2 is 2.00 bits per heavy atom. The van der Waals surface area contributed by atoms with Crippen molar-refractivity contribution in [1.82, 2.24) is 5.32 Å². The van der Waals surface area contributed by atoms with Gasteiger partial charge >= 0.3 is 0 Å². The molecule has 0 heterocycles. The van der Waals surface area contributed by atoms with E-state index in [4.69, 9.17) is 23.2 Å². The van der Waals surface area contributed by atoms with Crippen molar-refractivity contribution in [1.29, 1.82) is 0 Å². The quantitative estimate of drug-likeness (QED) is 0.840. The normalized spacial score (nSPS) is 23.7. The van der Waals surface area contributed by atoms with Crippen LogP contribution in [0.5, 0.6) is 0 Å². The van der Waals surface area contributed by atoms with Gasteiger partial charge in [-0.05, 0) is 30.9 Å². The Morgan fingerprint density at radius 1 is 1.28 bits per heavy atom. The number of carbonyl (C=O) groups is 1. The van der Waals surface area contributed by atoms with E-state index in [-0.39, 0.29) is 11.3 Å². The fourth-order valence-electron chi connectivity index (χ4n) is 2.36. The van der Waals surface area contributed by atoms with Gasteiger partial charge in [-0.15, -0.1) is 11.6 Å². The molecule has 2 rings (SSSR count). The second-order valence-electron chi connectivity index (χ2n) is 4.75. The largest absolute Gasteiger partial charge is 0.352 e. The minimum absolute atomic E-state index is 0.116. The summed E-state index contributed by atoms with van der Waals surface area (Å²) in [5.41, 5.74) is 0.529. The molecule has 0 aliphatic heterocycles. The number of alkyl halides is 1. The first-order chi connectivity index (χ1) is 8.68. The highest BCUT2D eigenvalue weighted by Crippen LogP contribution is 2.28. The van der Waals surface area contributed by atoms with Crippen molar-refractivity contribution in [2.45, 2.75) is 31.1 Å². The molecule has 2 nitrogen and oxygen atoms in total. The van der Waals surface area contributed by atoms with Crippen molar-refractivity contribution in [2.24, 2.45) is 5.92 Å². The zero-order valence-electron chi connectivity index (χ0n) is 10.2. The van der Waals surface area contributed by atoms with Gasteiger partial charge in [0.15, 0.2) is 0 Å². The SMILES string of the molecule is O=C(NCC1CCCCC1Cl)c1ccccc1Cl. The van der Waals surface area contributed by atoms with Gasteiger partial charge in [0.2, 0.25) is 0 Å². The van der Waals surface area contributed by atoms with Crippen LogP contribution in [0.25, 0.3) is 0 Å². The predicted molar refractivity (Wildman–Crippen MR) is 75.4 cm³/mol. The van der Waals surface area contributed by atoms with Crippen LogP contribution in [0.4, 0.5) is 0 Å². The van der Waals surface area contributed by atoms with Crippen LogP contribution >= 0.6 is 23.2 Å². The van der Waals surface area contributed by atoms with Crippen molar-refractivity contribution >= 4 is 29.1 Å². The van der Waals surface area contributed by atoms with Gasteiger partial charge in [-0.2, -0.15) is 0 Å². The van der Waals surface area contributed by atoms with Crippen molar-refractivity contribution in [3.05, 3.63) is 34.9 Å². The van der Waals surface area contributed by atoms with E-state index in [1.165, 1.54) is 12.8 Å². The molecule has 0 spiro atoms. The third-order valence-electron chi connectivity index (χ3n) is 3.46. The zero-order chi connectivity index (χ0) is 13.0. The van der Waals surface area contributed by atoms with E-state index in [2.05, 4.69) is 5.32 Å². The Kier molecular flexibility index (Phi) is 4.90. The average molecular weight is 286 g/mol. The molecule has 1 N–H and O–H groups in total. The first-order valence-corrected chi connectivity index (χ1v) is 7.16. The molecule has 2 unspecified atom stereocenters. The Labute approximate surface area is 118 Å². The molecule has 1 aromatic rings. The van der Waals surface area contributed by atoms with E-state index >= 15 is 0 Å². The van der Waals surface area contributed by atoms with Crippen molar-refractivity contribution in [3.8, 4) is 0 Å². The highest BCUT2D eigenvalue weighted by atomic mass is 35.5. The second-order valence-corrected chi connectivity index (χ2v) is 5.72. The van der Waals surface area contributed by atoms with Gasteiger partial charge in [-0.3, -0.25) is 4.79 Å². The molecule has 0 bridgehead atoms. The van der Waals surface area contributed by atoms with Gasteiger partial charge in [0.05, 0.1) is 10.6 Å². The fourth-order valence-corrected chi connectivity index (χ4v) is 2.95. The van der Waals surface area contributed by atoms with Gasteiger partial charge in [-0.25, -0.2) is 0 Å². The minimum atomic E-state index is -0.116. The van der Waals surface area contributed by atoms with Gasteiger partial charge in [0.1, 0.15) is 0 Å². The molecule has 1 aromatic carbocycles. The number of carbonyl (C=O) groups excluding carboxylic acids is 1. The molecule has 0 aromatic heterocycles. The van der Waals surface area contributed by atoms with Gasteiger partial charge < -0.3 is 5.32 Å². The first kappa shape index (κ1) is 13.7. The lowest BCUT2D eigenvalue weighted by molar-refractivity contribution is 0.0944. The summed E-state index contributed by atoms with van der Waals surface area (Å²) in [4.78, 5) is 12.0. The summed E-state index contributed by atoms with van der Waals surface area (Å²) in [7, 11) is 0. The first-order valence-electron chi connectivity index (χ1n) is 6.35.